The van der Waals surface area contributed by atoms with Gasteiger partial charge in [-0.25, -0.2) is 9.97 Å². The van der Waals surface area contributed by atoms with Crippen LogP contribution in [0.25, 0.3) is 22.0 Å². The van der Waals surface area contributed by atoms with E-state index in [0.29, 0.717) is 5.56 Å². The fourth-order valence-electron chi connectivity index (χ4n) is 2.31. The number of hydrogen-bond donors (Lipinski definition) is 2. The van der Waals surface area contributed by atoms with E-state index < -0.39 is 0 Å². The van der Waals surface area contributed by atoms with Gasteiger partial charge in [0.05, 0.1) is 5.56 Å². The number of hydrogen-bond acceptors (Lipinski definition) is 9. The van der Waals surface area contributed by atoms with Gasteiger partial charge in [0.15, 0.2) is 11.1 Å². The summed E-state index contributed by atoms with van der Waals surface area (Å²) in [7, 11) is 0. The molecular weight excluding hydrogens is 354 g/mol. The molecule has 0 amide bonds. The number of nitrogens with zero attached hydrogens (tertiary/aromatic N) is 5. The molecule has 9 heteroatoms. The maximum Gasteiger partial charge on any atom is 0.197 e. The van der Waals surface area contributed by atoms with E-state index in [1.807, 2.05) is 10.8 Å². The van der Waals surface area contributed by atoms with Crippen LogP contribution in [0, 0.1) is 11.3 Å². The average molecular weight is 367 g/mol. The van der Waals surface area contributed by atoms with Crippen molar-refractivity contribution < 1.29 is 0 Å². The van der Waals surface area contributed by atoms with Crippen LogP contribution in [0.4, 0.5) is 5.13 Å². The molecule has 0 aromatic carbocycles. The Morgan fingerprint density at radius 1 is 1.16 bits per heavy atom. The van der Waals surface area contributed by atoms with E-state index in [0.717, 1.165) is 52.6 Å². The highest BCUT2D eigenvalue weighted by atomic mass is 32.1. The van der Waals surface area contributed by atoms with E-state index >= 15 is 0 Å². The molecule has 0 saturated heterocycles. The van der Waals surface area contributed by atoms with Crippen LogP contribution in [0.15, 0.2) is 34.2 Å². The molecule has 0 fully saturated rings. The average Bonchev–Trinajstić information content (AvgIpc) is 3.32. The summed E-state index contributed by atoms with van der Waals surface area (Å²) in [6.07, 6.45) is 4.31. The number of rotatable bonds is 3. The van der Waals surface area contributed by atoms with Gasteiger partial charge in [-0.15, -0.1) is 22.7 Å². The normalized spacial score (nSPS) is 13.6. The van der Waals surface area contributed by atoms with Crippen LogP contribution in [-0.4, -0.2) is 34.0 Å². The van der Waals surface area contributed by atoms with Crippen molar-refractivity contribution in [2.75, 3.05) is 18.4 Å². The summed E-state index contributed by atoms with van der Waals surface area (Å²) in [5.74, 6) is 0.769. The highest BCUT2D eigenvalue weighted by molar-refractivity contribution is 7.14. The predicted octanol–water partition coefficient (Wildman–Crippen LogP) is 2.96. The molecular formula is C16H13N7S2. The summed E-state index contributed by atoms with van der Waals surface area (Å²) in [6, 6.07) is 3.88. The molecule has 7 nitrogen and oxygen atoms in total. The lowest BCUT2D eigenvalue weighted by atomic mass is 10.2. The maximum absolute atomic E-state index is 8.99. The second-order valence-corrected chi connectivity index (χ2v) is 7.00. The smallest absolute Gasteiger partial charge is 0.197 e. The Hall–Kier alpha value is -2.83. The minimum atomic E-state index is 0.523. The monoisotopic (exact) mass is 367 g/mol. The van der Waals surface area contributed by atoms with Gasteiger partial charge in [-0.2, -0.15) is 5.26 Å². The Morgan fingerprint density at radius 3 is 2.88 bits per heavy atom. The number of aliphatic imine (C=N–C) groups is 1. The molecule has 124 valence electrons. The summed E-state index contributed by atoms with van der Waals surface area (Å²) in [5, 5.41) is 20.9. The molecule has 0 saturated carbocycles. The fourth-order valence-corrected chi connectivity index (χ4v) is 3.81. The Morgan fingerprint density at radius 2 is 2.04 bits per heavy atom. The van der Waals surface area contributed by atoms with E-state index in [-0.39, 0.29) is 0 Å². The third-order valence-electron chi connectivity index (χ3n) is 3.51. The SMILES string of the molecule is N#Cc1cncc(-c2nc(-c3csc(NC4=NCCCN4)n3)cs2)c1. The number of guanidine groups is 1. The van der Waals surface area contributed by atoms with Crippen LogP contribution in [0.5, 0.6) is 0 Å². The lowest BCUT2D eigenvalue weighted by molar-refractivity contribution is 0.740. The van der Waals surface area contributed by atoms with E-state index in [9.17, 15) is 0 Å². The third-order valence-corrected chi connectivity index (χ3v) is 5.16. The number of nitriles is 1. The standard InChI is InChI=1S/C16H13N7S2/c17-5-10-4-11(7-18-6-10)14-21-12(8-24-14)13-9-25-16(22-13)23-15-19-2-1-3-20-15/h4,6-9H,1-3H2,(H2,19,20,22,23). The van der Waals surface area contributed by atoms with Gasteiger partial charge in [-0.1, -0.05) is 0 Å². The molecule has 2 N–H and O–H groups in total. The first-order valence-corrected chi connectivity index (χ1v) is 9.40. The molecule has 0 bridgehead atoms. The van der Waals surface area contributed by atoms with Gasteiger partial charge in [0.25, 0.3) is 0 Å². The van der Waals surface area contributed by atoms with Gasteiger partial charge in [-0.05, 0) is 12.5 Å². The molecule has 0 aliphatic carbocycles. The Bertz CT molecular complexity index is 967. The van der Waals surface area contributed by atoms with Crippen LogP contribution in [0.2, 0.25) is 0 Å². The molecule has 0 spiro atoms. The van der Waals surface area contributed by atoms with E-state index in [2.05, 4.69) is 36.6 Å². The van der Waals surface area contributed by atoms with Crippen LogP contribution < -0.4 is 10.6 Å². The highest BCUT2D eigenvalue weighted by Gasteiger charge is 2.12. The summed E-state index contributed by atoms with van der Waals surface area (Å²) < 4.78 is 0. The molecule has 4 heterocycles. The molecule has 0 unspecified atom stereocenters. The van der Waals surface area contributed by atoms with Crippen molar-refractivity contribution in [1.29, 1.82) is 5.26 Å². The first-order valence-electron chi connectivity index (χ1n) is 7.64. The van der Waals surface area contributed by atoms with E-state index in [1.165, 1.54) is 22.7 Å². The number of anilines is 1. The van der Waals surface area contributed by atoms with Gasteiger partial charge in [0.1, 0.15) is 22.5 Å². The molecule has 25 heavy (non-hydrogen) atoms. The van der Waals surface area contributed by atoms with Crippen molar-refractivity contribution in [3.8, 4) is 28.0 Å². The molecule has 3 aromatic rings. The summed E-state index contributed by atoms with van der Waals surface area (Å²) >= 11 is 3.02. The Balaban J connectivity index is 1.54. The van der Waals surface area contributed by atoms with Crippen molar-refractivity contribution in [2.24, 2.45) is 4.99 Å². The second kappa shape index (κ2) is 6.96. The molecule has 4 rings (SSSR count). The molecule has 1 aliphatic rings. The van der Waals surface area contributed by atoms with Gasteiger partial charge in [0.2, 0.25) is 0 Å². The number of pyridine rings is 1. The number of nitrogens with one attached hydrogen (secondary N) is 2. The topological polar surface area (TPSA) is 98.9 Å². The van der Waals surface area contributed by atoms with Crippen molar-refractivity contribution in [1.82, 2.24) is 20.3 Å². The Kier molecular flexibility index (Phi) is 4.37. The largest absolute Gasteiger partial charge is 0.356 e. The quantitative estimate of drug-likeness (QED) is 0.738. The van der Waals surface area contributed by atoms with E-state index in [1.54, 1.807) is 18.5 Å². The van der Waals surface area contributed by atoms with Gasteiger partial charge >= 0.3 is 0 Å². The van der Waals surface area contributed by atoms with Crippen molar-refractivity contribution in [3.63, 3.8) is 0 Å². The van der Waals surface area contributed by atoms with Crippen LogP contribution >= 0.6 is 22.7 Å². The number of thiazole rings is 2. The Labute approximate surface area is 152 Å². The minimum Gasteiger partial charge on any atom is -0.356 e. The van der Waals surface area contributed by atoms with E-state index in [4.69, 9.17) is 5.26 Å². The van der Waals surface area contributed by atoms with Crippen molar-refractivity contribution in [2.45, 2.75) is 6.42 Å². The fraction of sp³-hybridized carbons (Fsp3) is 0.188. The molecule has 0 radical (unpaired) electrons. The zero-order valence-electron chi connectivity index (χ0n) is 13.1. The van der Waals surface area contributed by atoms with Crippen LogP contribution in [0.3, 0.4) is 0 Å². The third kappa shape index (κ3) is 3.50. The molecule has 3 aromatic heterocycles. The lowest BCUT2D eigenvalue weighted by Gasteiger charge is -2.13. The zero-order valence-corrected chi connectivity index (χ0v) is 14.7. The van der Waals surface area contributed by atoms with Crippen molar-refractivity contribution in [3.05, 3.63) is 34.8 Å². The first kappa shape index (κ1) is 15.7. The van der Waals surface area contributed by atoms with Gasteiger partial charge in [-0.3, -0.25) is 9.98 Å². The zero-order chi connectivity index (χ0) is 17.1. The molecule has 0 atom stereocenters. The number of aromatic nitrogens is 3. The maximum atomic E-state index is 8.99. The second-order valence-electron chi connectivity index (χ2n) is 5.29. The summed E-state index contributed by atoms with van der Waals surface area (Å²) in [4.78, 5) is 17.7. The highest BCUT2D eigenvalue weighted by Crippen LogP contribution is 2.30. The lowest BCUT2D eigenvalue weighted by Crippen LogP contribution is -2.35. The van der Waals surface area contributed by atoms with Crippen LogP contribution in [0.1, 0.15) is 12.0 Å². The summed E-state index contributed by atoms with van der Waals surface area (Å²) in [6.45, 7) is 1.76. The predicted molar refractivity (Wildman–Crippen MR) is 99.7 cm³/mol. The minimum absolute atomic E-state index is 0.523. The van der Waals surface area contributed by atoms with Gasteiger partial charge < -0.3 is 10.6 Å². The first-order chi connectivity index (χ1) is 12.3. The molecule has 1 aliphatic heterocycles. The van der Waals surface area contributed by atoms with Gasteiger partial charge in [0, 0.05) is 41.8 Å². The summed E-state index contributed by atoms with van der Waals surface area (Å²) in [5.41, 5.74) is 2.99. The van der Waals surface area contributed by atoms with Crippen molar-refractivity contribution >= 4 is 33.8 Å². The van der Waals surface area contributed by atoms with Crippen LogP contribution in [-0.2, 0) is 0 Å².